The number of hydrogen-bond acceptors (Lipinski definition) is 1. The van der Waals surface area contributed by atoms with Gasteiger partial charge in [0.15, 0.2) is 0 Å². The minimum Gasteiger partial charge on any atom is -0.508 e. The molecule has 0 saturated carbocycles. The van der Waals surface area contributed by atoms with E-state index in [0.717, 1.165) is 5.56 Å². The van der Waals surface area contributed by atoms with E-state index in [-0.39, 0.29) is 5.41 Å². The van der Waals surface area contributed by atoms with Gasteiger partial charge in [0.2, 0.25) is 0 Å². The van der Waals surface area contributed by atoms with Crippen LogP contribution in [-0.2, 0) is 5.41 Å². The fourth-order valence-corrected chi connectivity index (χ4v) is 1.82. The van der Waals surface area contributed by atoms with Crippen molar-refractivity contribution >= 4 is 0 Å². The minimum absolute atomic E-state index is 0.188. The van der Waals surface area contributed by atoms with Crippen LogP contribution in [0, 0.1) is 0 Å². The van der Waals surface area contributed by atoms with E-state index >= 15 is 0 Å². The van der Waals surface area contributed by atoms with Gasteiger partial charge in [-0.3, -0.25) is 0 Å². The molecule has 88 valence electrons. The molecule has 1 heteroatoms. The van der Waals surface area contributed by atoms with E-state index in [2.05, 4.69) is 45.0 Å². The first kappa shape index (κ1) is 11.7. The lowest BCUT2D eigenvalue weighted by Gasteiger charge is -2.19. The first-order valence-electron chi connectivity index (χ1n) is 5.87. The molecule has 0 heterocycles. The maximum atomic E-state index is 9.25. The molecular formula is C16H18O. The summed E-state index contributed by atoms with van der Waals surface area (Å²) in [6.07, 6.45) is 0. The summed E-state index contributed by atoms with van der Waals surface area (Å²) in [5.74, 6) is 0.306. The van der Waals surface area contributed by atoms with E-state index < -0.39 is 0 Å². The molecule has 0 saturated heterocycles. The zero-order chi connectivity index (χ0) is 12.5. The molecular weight excluding hydrogens is 208 g/mol. The van der Waals surface area contributed by atoms with Gasteiger partial charge < -0.3 is 5.11 Å². The van der Waals surface area contributed by atoms with Gasteiger partial charge >= 0.3 is 0 Å². The summed E-state index contributed by atoms with van der Waals surface area (Å²) in [5.41, 5.74) is 3.83. The quantitative estimate of drug-likeness (QED) is 0.766. The highest BCUT2D eigenvalue weighted by atomic mass is 16.3. The number of rotatable bonds is 1. The Morgan fingerprint density at radius 3 is 1.53 bits per heavy atom. The fraction of sp³-hybridized carbons (Fsp3) is 0.250. The zero-order valence-corrected chi connectivity index (χ0v) is 10.6. The van der Waals surface area contributed by atoms with Gasteiger partial charge in [0, 0.05) is 0 Å². The van der Waals surface area contributed by atoms with Crippen LogP contribution in [0.4, 0.5) is 0 Å². The fourth-order valence-electron chi connectivity index (χ4n) is 1.82. The maximum absolute atomic E-state index is 9.25. The maximum Gasteiger partial charge on any atom is 0.115 e. The molecule has 0 atom stereocenters. The van der Waals surface area contributed by atoms with Gasteiger partial charge in [0.05, 0.1) is 0 Å². The summed E-state index contributed by atoms with van der Waals surface area (Å²) < 4.78 is 0. The van der Waals surface area contributed by atoms with Gasteiger partial charge in [0.25, 0.3) is 0 Å². The van der Waals surface area contributed by atoms with Crippen LogP contribution in [0.25, 0.3) is 11.1 Å². The summed E-state index contributed by atoms with van der Waals surface area (Å²) in [6, 6.07) is 15.9. The van der Waals surface area contributed by atoms with Crippen molar-refractivity contribution in [3.8, 4) is 16.9 Å². The highest BCUT2D eigenvalue weighted by Gasteiger charge is 2.12. The van der Waals surface area contributed by atoms with Crippen molar-refractivity contribution in [3.63, 3.8) is 0 Å². The Kier molecular flexibility index (Phi) is 2.93. The highest BCUT2D eigenvalue weighted by Crippen LogP contribution is 2.26. The summed E-state index contributed by atoms with van der Waals surface area (Å²) in [5, 5.41) is 9.25. The Bertz CT molecular complexity index is 487. The average molecular weight is 226 g/mol. The van der Waals surface area contributed by atoms with E-state index in [9.17, 15) is 5.11 Å². The summed E-state index contributed by atoms with van der Waals surface area (Å²) >= 11 is 0. The predicted octanol–water partition coefficient (Wildman–Crippen LogP) is 4.36. The molecule has 0 fully saturated rings. The van der Waals surface area contributed by atoms with E-state index in [0.29, 0.717) is 5.75 Å². The highest BCUT2D eigenvalue weighted by molar-refractivity contribution is 5.64. The third kappa shape index (κ3) is 2.68. The van der Waals surface area contributed by atoms with E-state index in [1.807, 2.05) is 12.1 Å². The molecule has 1 nitrogen and oxygen atoms in total. The molecule has 0 bridgehead atoms. The number of phenols is 1. The summed E-state index contributed by atoms with van der Waals surface area (Å²) in [7, 11) is 0. The van der Waals surface area contributed by atoms with Gasteiger partial charge in [-0.05, 0) is 34.2 Å². The van der Waals surface area contributed by atoms with Crippen LogP contribution in [0.3, 0.4) is 0 Å². The molecule has 0 aliphatic carbocycles. The molecule has 2 aromatic carbocycles. The topological polar surface area (TPSA) is 20.2 Å². The summed E-state index contributed by atoms with van der Waals surface area (Å²) in [6.45, 7) is 6.63. The molecule has 0 aliphatic rings. The normalized spacial score (nSPS) is 11.5. The van der Waals surface area contributed by atoms with E-state index in [1.54, 1.807) is 12.1 Å². The van der Waals surface area contributed by atoms with Gasteiger partial charge in [-0.25, -0.2) is 0 Å². The van der Waals surface area contributed by atoms with Crippen molar-refractivity contribution in [2.75, 3.05) is 0 Å². The number of hydrogen-bond donors (Lipinski definition) is 1. The molecule has 2 rings (SSSR count). The van der Waals surface area contributed by atoms with Crippen LogP contribution >= 0.6 is 0 Å². The lowest BCUT2D eigenvalue weighted by Crippen LogP contribution is -2.10. The van der Waals surface area contributed by atoms with Crippen LogP contribution in [0.1, 0.15) is 26.3 Å². The van der Waals surface area contributed by atoms with Crippen molar-refractivity contribution in [2.24, 2.45) is 0 Å². The Morgan fingerprint density at radius 1 is 0.706 bits per heavy atom. The SMILES string of the molecule is CC(C)(C)c1ccc(-c2ccc(O)cc2)cc1. The van der Waals surface area contributed by atoms with E-state index in [4.69, 9.17) is 0 Å². The molecule has 0 amide bonds. The van der Waals surface area contributed by atoms with Crippen LogP contribution in [0.2, 0.25) is 0 Å². The first-order chi connectivity index (χ1) is 7.97. The standard InChI is InChI=1S/C16H18O/c1-16(2,3)14-8-4-12(5-9-14)13-6-10-15(17)11-7-13/h4-11,17H,1-3H3. The molecule has 0 aliphatic heterocycles. The Hall–Kier alpha value is -1.76. The number of benzene rings is 2. The molecule has 2 aromatic rings. The van der Waals surface area contributed by atoms with Crippen molar-refractivity contribution < 1.29 is 5.11 Å². The minimum atomic E-state index is 0.188. The van der Waals surface area contributed by atoms with Crippen molar-refractivity contribution in [1.29, 1.82) is 0 Å². The van der Waals surface area contributed by atoms with Crippen LogP contribution in [0.5, 0.6) is 5.75 Å². The van der Waals surface area contributed by atoms with Crippen molar-refractivity contribution in [1.82, 2.24) is 0 Å². The average Bonchev–Trinajstić information content (AvgIpc) is 2.29. The predicted molar refractivity (Wildman–Crippen MR) is 72.2 cm³/mol. The molecule has 0 radical (unpaired) electrons. The third-order valence-corrected chi connectivity index (χ3v) is 2.95. The molecule has 0 spiro atoms. The second-order valence-electron chi connectivity index (χ2n) is 5.37. The smallest absolute Gasteiger partial charge is 0.115 e. The number of aromatic hydroxyl groups is 1. The molecule has 0 unspecified atom stereocenters. The van der Waals surface area contributed by atoms with Gasteiger partial charge in [-0.1, -0.05) is 57.2 Å². The van der Waals surface area contributed by atoms with Crippen LogP contribution in [-0.4, -0.2) is 5.11 Å². The van der Waals surface area contributed by atoms with Gasteiger partial charge in [-0.2, -0.15) is 0 Å². The summed E-state index contributed by atoms with van der Waals surface area (Å²) in [4.78, 5) is 0. The lowest BCUT2D eigenvalue weighted by molar-refractivity contribution is 0.475. The largest absolute Gasteiger partial charge is 0.508 e. The first-order valence-corrected chi connectivity index (χ1v) is 5.87. The Labute approximate surface area is 103 Å². The zero-order valence-electron chi connectivity index (χ0n) is 10.6. The monoisotopic (exact) mass is 226 g/mol. The lowest BCUT2D eigenvalue weighted by atomic mass is 9.86. The molecule has 17 heavy (non-hydrogen) atoms. The van der Waals surface area contributed by atoms with Gasteiger partial charge in [0.1, 0.15) is 5.75 Å². The molecule has 1 N–H and O–H groups in total. The Morgan fingerprint density at radius 2 is 1.12 bits per heavy atom. The third-order valence-electron chi connectivity index (χ3n) is 2.95. The second-order valence-corrected chi connectivity index (χ2v) is 5.37. The van der Waals surface area contributed by atoms with Crippen LogP contribution in [0.15, 0.2) is 48.5 Å². The molecule has 0 aromatic heterocycles. The van der Waals surface area contributed by atoms with Crippen LogP contribution < -0.4 is 0 Å². The van der Waals surface area contributed by atoms with E-state index in [1.165, 1.54) is 11.1 Å². The van der Waals surface area contributed by atoms with Crippen molar-refractivity contribution in [2.45, 2.75) is 26.2 Å². The van der Waals surface area contributed by atoms with Gasteiger partial charge in [-0.15, -0.1) is 0 Å². The van der Waals surface area contributed by atoms with Crippen molar-refractivity contribution in [3.05, 3.63) is 54.1 Å². The Balaban J connectivity index is 2.33. The second kappa shape index (κ2) is 4.25. The number of phenolic OH excluding ortho intramolecular Hbond substituents is 1.